The molecule has 0 saturated carbocycles. The van der Waals surface area contributed by atoms with Crippen molar-refractivity contribution in [3.8, 4) is 11.1 Å². The van der Waals surface area contributed by atoms with Crippen LogP contribution in [0.25, 0.3) is 32.9 Å². The molecule has 0 amide bonds. The summed E-state index contributed by atoms with van der Waals surface area (Å²) >= 11 is 0. The van der Waals surface area contributed by atoms with Crippen LogP contribution in [-0.2, 0) is 6.54 Å². The summed E-state index contributed by atoms with van der Waals surface area (Å²) in [5.74, 6) is 0.582. The molecule has 0 atom stereocenters. The number of hydrogen-bond acceptors (Lipinski definition) is 3. The van der Waals surface area contributed by atoms with E-state index in [-0.39, 0.29) is 0 Å². The van der Waals surface area contributed by atoms with E-state index >= 15 is 0 Å². The summed E-state index contributed by atoms with van der Waals surface area (Å²) < 4.78 is 2.49. The molecule has 5 aromatic rings. The van der Waals surface area contributed by atoms with E-state index in [4.69, 9.17) is 10.8 Å². The van der Waals surface area contributed by atoms with Crippen molar-refractivity contribution in [2.75, 3.05) is 6.54 Å². The lowest BCUT2D eigenvalue weighted by Crippen LogP contribution is -2.15. The Labute approximate surface area is 261 Å². The lowest BCUT2D eigenvalue weighted by Gasteiger charge is -2.09. The van der Waals surface area contributed by atoms with Crippen molar-refractivity contribution in [3.05, 3.63) is 107 Å². The maximum atomic E-state index is 6.50. The van der Waals surface area contributed by atoms with E-state index in [1.54, 1.807) is 0 Å². The highest BCUT2D eigenvalue weighted by molar-refractivity contribution is 6.27. The van der Waals surface area contributed by atoms with Crippen LogP contribution in [0.15, 0.2) is 100 Å². The molecule has 0 fully saturated rings. The average molecular weight is 582 g/mol. The molecule has 0 saturated heterocycles. The van der Waals surface area contributed by atoms with Gasteiger partial charge in [0, 0.05) is 57.1 Å². The number of aryl methyl sites for hydroxylation is 1. The lowest BCUT2D eigenvalue weighted by molar-refractivity contribution is 0.571. The molecule has 0 spiro atoms. The van der Waals surface area contributed by atoms with Crippen molar-refractivity contribution in [1.29, 1.82) is 0 Å². The van der Waals surface area contributed by atoms with Crippen molar-refractivity contribution in [3.63, 3.8) is 0 Å². The van der Waals surface area contributed by atoms with Gasteiger partial charge in [-0.25, -0.2) is 0 Å². The Bertz CT molecular complexity index is 1860. The summed E-state index contributed by atoms with van der Waals surface area (Å²) in [6.45, 7) is 6.22. The third-order valence-corrected chi connectivity index (χ3v) is 8.74. The summed E-state index contributed by atoms with van der Waals surface area (Å²) in [6, 6.07) is 30.0. The van der Waals surface area contributed by atoms with Gasteiger partial charge in [-0.2, -0.15) is 5.10 Å². The van der Waals surface area contributed by atoms with Crippen molar-refractivity contribution in [2.45, 2.75) is 71.8 Å². The van der Waals surface area contributed by atoms with Gasteiger partial charge in [0.05, 0.1) is 6.21 Å². The number of amidine groups is 1. The van der Waals surface area contributed by atoms with Crippen LogP contribution in [0.3, 0.4) is 0 Å². The van der Waals surface area contributed by atoms with Crippen molar-refractivity contribution in [1.82, 2.24) is 4.57 Å². The van der Waals surface area contributed by atoms with Gasteiger partial charge in [0.15, 0.2) is 0 Å². The molecule has 6 rings (SSSR count). The predicted octanol–water partition coefficient (Wildman–Crippen LogP) is 9.51. The minimum atomic E-state index is 0.582. The van der Waals surface area contributed by atoms with Crippen molar-refractivity contribution >= 4 is 39.6 Å². The number of rotatable bonds is 13. The molecule has 1 aromatic heterocycles. The van der Waals surface area contributed by atoms with Gasteiger partial charge in [-0.05, 0) is 42.2 Å². The molecule has 224 valence electrons. The first-order valence-corrected chi connectivity index (χ1v) is 16.4. The van der Waals surface area contributed by atoms with Crippen LogP contribution in [0.4, 0.5) is 0 Å². The highest BCUT2D eigenvalue weighted by atomic mass is 15.2. The maximum Gasteiger partial charge on any atom is 0.126 e. The Balaban J connectivity index is 1.30. The Morgan fingerprint density at radius 2 is 1.43 bits per heavy atom. The van der Waals surface area contributed by atoms with Crippen LogP contribution in [-0.4, -0.2) is 28.9 Å². The van der Waals surface area contributed by atoms with Gasteiger partial charge in [-0.1, -0.05) is 119 Å². The van der Waals surface area contributed by atoms with Crippen molar-refractivity contribution in [2.24, 2.45) is 20.9 Å². The number of fused-ring (bicyclic) bond motifs is 6. The molecule has 1 aliphatic rings. The molecular formula is C39H43N5. The molecule has 1 heterocycles. The highest BCUT2D eigenvalue weighted by Gasteiger charge is 2.28. The van der Waals surface area contributed by atoms with Gasteiger partial charge in [0.1, 0.15) is 11.5 Å². The fourth-order valence-electron chi connectivity index (χ4n) is 6.45. The van der Waals surface area contributed by atoms with E-state index in [1.165, 1.54) is 60.3 Å². The Morgan fingerprint density at radius 1 is 0.705 bits per heavy atom. The predicted molar refractivity (Wildman–Crippen MR) is 188 cm³/mol. The molecule has 0 bridgehead atoms. The third-order valence-electron chi connectivity index (χ3n) is 8.74. The Morgan fingerprint density at radius 3 is 2.30 bits per heavy atom. The summed E-state index contributed by atoms with van der Waals surface area (Å²) in [5.41, 5.74) is 16.3. The molecule has 5 heteroatoms. The van der Waals surface area contributed by atoms with Crippen LogP contribution in [0.5, 0.6) is 0 Å². The second-order valence-corrected chi connectivity index (χ2v) is 11.8. The SMILES string of the molecule is CCCCCCCCn1c2ccccc2c2cc(/C=N/N=C3\c4ccccc4-c4c(C(N)=NCCCC)cccc43)ccc21. The van der Waals surface area contributed by atoms with Crippen molar-refractivity contribution < 1.29 is 0 Å². The third kappa shape index (κ3) is 5.96. The normalized spacial score (nSPS) is 13.9. The van der Waals surface area contributed by atoms with E-state index in [0.717, 1.165) is 65.0 Å². The summed E-state index contributed by atoms with van der Waals surface area (Å²) in [4.78, 5) is 4.66. The van der Waals surface area contributed by atoms with Crippen LogP contribution in [0.1, 0.15) is 87.5 Å². The molecule has 1 aliphatic carbocycles. The molecule has 2 N–H and O–H groups in total. The second-order valence-electron chi connectivity index (χ2n) is 11.8. The van der Waals surface area contributed by atoms with Gasteiger partial charge < -0.3 is 10.3 Å². The molecule has 0 unspecified atom stereocenters. The number of aliphatic imine (C=N–C) groups is 1. The molecule has 44 heavy (non-hydrogen) atoms. The van der Waals surface area contributed by atoms with Crippen LogP contribution in [0.2, 0.25) is 0 Å². The number of nitrogens with zero attached hydrogens (tertiary/aromatic N) is 4. The zero-order chi connectivity index (χ0) is 30.3. The van der Waals surface area contributed by atoms with E-state index in [9.17, 15) is 0 Å². The summed E-state index contributed by atoms with van der Waals surface area (Å²) in [6.07, 6.45) is 11.8. The topological polar surface area (TPSA) is 68.0 Å². The lowest BCUT2D eigenvalue weighted by atomic mass is 9.99. The van der Waals surface area contributed by atoms with E-state index in [2.05, 4.69) is 107 Å². The van der Waals surface area contributed by atoms with E-state index < -0.39 is 0 Å². The molecule has 0 radical (unpaired) electrons. The van der Waals surface area contributed by atoms with E-state index in [1.807, 2.05) is 12.3 Å². The van der Waals surface area contributed by atoms with Gasteiger partial charge >= 0.3 is 0 Å². The largest absolute Gasteiger partial charge is 0.383 e. The van der Waals surface area contributed by atoms with Crippen LogP contribution < -0.4 is 5.73 Å². The van der Waals surface area contributed by atoms with E-state index in [0.29, 0.717) is 5.84 Å². The number of nitrogens with two attached hydrogens (primary N) is 1. The average Bonchev–Trinajstić information content (AvgIpc) is 3.55. The van der Waals surface area contributed by atoms with Crippen LogP contribution >= 0.6 is 0 Å². The number of benzene rings is 4. The molecule has 4 aromatic carbocycles. The standard InChI is InChI=1S/C39H43N5/c1-3-5-7-8-9-14-25-44-35-21-13-12-16-29(35)34-26-28(22-23-36(34)44)27-42-43-38-31-18-11-10-17-30(31)37-32(38)19-15-20-33(37)39(40)41-24-6-4-2/h10-13,15-23,26-27H,3-9,14,24-25H2,1-2H3,(H2,40,41)/b42-27+,43-38+. The van der Waals surface area contributed by atoms with Crippen LogP contribution in [0, 0.1) is 0 Å². The first kappa shape index (κ1) is 29.6. The zero-order valence-corrected chi connectivity index (χ0v) is 26.1. The number of aromatic nitrogens is 1. The number of para-hydroxylation sites is 1. The van der Waals surface area contributed by atoms with Gasteiger partial charge in [-0.3, -0.25) is 4.99 Å². The summed E-state index contributed by atoms with van der Waals surface area (Å²) in [7, 11) is 0. The minimum absolute atomic E-state index is 0.582. The molecule has 5 nitrogen and oxygen atoms in total. The molecular weight excluding hydrogens is 538 g/mol. The smallest absolute Gasteiger partial charge is 0.126 e. The first-order chi connectivity index (χ1) is 21.7. The first-order valence-electron chi connectivity index (χ1n) is 16.4. The zero-order valence-electron chi connectivity index (χ0n) is 26.1. The van der Waals surface area contributed by atoms with Gasteiger partial charge in [-0.15, -0.1) is 5.10 Å². The quantitative estimate of drug-likeness (QED) is 0.0627. The molecule has 0 aliphatic heterocycles. The minimum Gasteiger partial charge on any atom is -0.383 e. The van der Waals surface area contributed by atoms with Gasteiger partial charge in [0.2, 0.25) is 0 Å². The summed E-state index contributed by atoms with van der Waals surface area (Å²) in [5, 5.41) is 12.0. The fourth-order valence-corrected chi connectivity index (χ4v) is 6.45. The second kappa shape index (κ2) is 13.9. The highest BCUT2D eigenvalue weighted by Crippen LogP contribution is 2.39. The monoisotopic (exact) mass is 581 g/mol. The Hall–Kier alpha value is -4.51. The Kier molecular flexibility index (Phi) is 9.31. The number of unbranched alkanes of at least 4 members (excludes halogenated alkanes) is 6. The van der Waals surface area contributed by atoms with Gasteiger partial charge in [0.25, 0.3) is 0 Å². The fraction of sp³-hybridized carbons (Fsp3) is 0.308. The number of hydrogen-bond donors (Lipinski definition) is 1. The maximum absolute atomic E-state index is 6.50.